The molecule has 9 rings (SSSR count). The molecule has 0 radical (unpaired) electrons. The molecular weight excluding hydrogens is 687 g/mol. The van der Waals surface area contributed by atoms with Crippen molar-refractivity contribution >= 4 is 60.2 Å². The first kappa shape index (κ1) is 36.5. The number of hydrogen-bond acceptors (Lipinski definition) is 1. The van der Waals surface area contributed by atoms with Crippen LogP contribution in [0.1, 0.15) is 66.8 Å². The molecule has 1 nitrogen and oxygen atoms in total. The summed E-state index contributed by atoms with van der Waals surface area (Å²) in [6.07, 6.45) is 7.65. The summed E-state index contributed by atoms with van der Waals surface area (Å²) in [6.45, 7) is 4.51. The fourth-order valence-electron chi connectivity index (χ4n) is 9.16. The van der Waals surface area contributed by atoms with Gasteiger partial charge in [0, 0.05) is 16.8 Å². The highest BCUT2D eigenvalue weighted by molar-refractivity contribution is 6.11. The summed E-state index contributed by atoms with van der Waals surface area (Å²) in [6, 6.07) is 68.4. The maximum absolute atomic E-state index is 2.48. The minimum Gasteiger partial charge on any atom is -0.310 e. The molecule has 0 spiro atoms. The Morgan fingerprint density at radius 1 is 0.404 bits per heavy atom. The number of aryl methyl sites for hydroxylation is 3. The molecule has 0 saturated carbocycles. The topological polar surface area (TPSA) is 3.24 Å². The van der Waals surface area contributed by atoms with Crippen molar-refractivity contribution < 1.29 is 0 Å². The Labute approximate surface area is 338 Å². The van der Waals surface area contributed by atoms with Crippen LogP contribution in [0.25, 0.3) is 43.1 Å². The molecule has 0 aliphatic carbocycles. The Kier molecular flexibility index (Phi) is 10.6. The number of hydrogen-bond donors (Lipinski definition) is 0. The van der Waals surface area contributed by atoms with Gasteiger partial charge in [0.05, 0.1) is 5.69 Å². The van der Waals surface area contributed by atoms with Crippen molar-refractivity contribution in [1.82, 2.24) is 0 Å². The van der Waals surface area contributed by atoms with Gasteiger partial charge in [-0.1, -0.05) is 178 Å². The van der Waals surface area contributed by atoms with Gasteiger partial charge >= 0.3 is 0 Å². The molecule has 0 N–H and O–H groups in total. The summed E-state index contributed by atoms with van der Waals surface area (Å²) in [7, 11) is 0. The molecule has 1 atom stereocenters. The number of nitrogens with zero attached hydrogens (tertiary/aromatic N) is 1. The highest BCUT2D eigenvalue weighted by atomic mass is 15.1. The van der Waals surface area contributed by atoms with Crippen LogP contribution in [0.3, 0.4) is 0 Å². The van der Waals surface area contributed by atoms with Crippen LogP contribution in [0.4, 0.5) is 17.1 Å². The van der Waals surface area contributed by atoms with E-state index in [2.05, 4.69) is 201 Å². The van der Waals surface area contributed by atoms with E-state index in [0.29, 0.717) is 5.92 Å². The fraction of sp³-hybridized carbons (Fsp3) is 0.179. The number of fused-ring (bicyclic) bond motifs is 5. The molecule has 0 aliphatic heterocycles. The quantitative estimate of drug-likeness (QED) is 0.107. The lowest BCUT2D eigenvalue weighted by atomic mass is 9.83. The minimum atomic E-state index is 0.392. The van der Waals surface area contributed by atoms with Crippen molar-refractivity contribution in [3.05, 3.63) is 210 Å². The van der Waals surface area contributed by atoms with Crippen LogP contribution in [-0.2, 0) is 25.7 Å². The number of rotatable bonds is 13. The molecule has 0 bridgehead atoms. The first-order valence-electron chi connectivity index (χ1n) is 21.0. The minimum absolute atomic E-state index is 0.392. The molecule has 0 fully saturated rings. The molecule has 57 heavy (non-hydrogen) atoms. The normalized spacial score (nSPS) is 12.1. The van der Waals surface area contributed by atoms with Gasteiger partial charge in [0.2, 0.25) is 0 Å². The van der Waals surface area contributed by atoms with Gasteiger partial charge in [-0.15, -0.1) is 0 Å². The van der Waals surface area contributed by atoms with Crippen LogP contribution in [-0.4, -0.2) is 0 Å². The summed E-state index contributed by atoms with van der Waals surface area (Å²) < 4.78 is 0. The Bertz CT molecular complexity index is 2780. The van der Waals surface area contributed by atoms with E-state index in [1.807, 2.05) is 0 Å². The average molecular weight is 738 g/mol. The second-order valence-corrected chi connectivity index (χ2v) is 15.8. The Morgan fingerprint density at radius 2 is 0.965 bits per heavy atom. The van der Waals surface area contributed by atoms with Crippen LogP contribution in [0.15, 0.2) is 182 Å². The summed E-state index contributed by atoms with van der Waals surface area (Å²) in [5.41, 5.74) is 10.6. The van der Waals surface area contributed by atoms with Crippen LogP contribution in [0, 0.1) is 0 Å². The Hall–Kier alpha value is -6.18. The van der Waals surface area contributed by atoms with E-state index in [4.69, 9.17) is 0 Å². The van der Waals surface area contributed by atoms with Crippen LogP contribution < -0.4 is 4.90 Å². The van der Waals surface area contributed by atoms with Crippen molar-refractivity contribution in [3.63, 3.8) is 0 Å². The first-order valence-corrected chi connectivity index (χ1v) is 21.0. The highest BCUT2D eigenvalue weighted by Crippen LogP contribution is 2.42. The highest BCUT2D eigenvalue weighted by Gasteiger charge is 2.19. The molecule has 0 aromatic heterocycles. The van der Waals surface area contributed by atoms with Gasteiger partial charge in [0.25, 0.3) is 0 Å². The lowest BCUT2D eigenvalue weighted by molar-refractivity contribution is 0.626. The van der Waals surface area contributed by atoms with E-state index in [1.54, 1.807) is 0 Å². The molecule has 0 saturated heterocycles. The van der Waals surface area contributed by atoms with Gasteiger partial charge in [-0.3, -0.25) is 0 Å². The zero-order valence-electron chi connectivity index (χ0n) is 33.3. The van der Waals surface area contributed by atoms with Gasteiger partial charge < -0.3 is 4.90 Å². The van der Waals surface area contributed by atoms with E-state index in [0.717, 1.165) is 38.5 Å². The van der Waals surface area contributed by atoms with Crippen molar-refractivity contribution in [3.8, 4) is 0 Å². The van der Waals surface area contributed by atoms with E-state index in [1.165, 1.54) is 94.4 Å². The van der Waals surface area contributed by atoms with Gasteiger partial charge in [0.1, 0.15) is 0 Å². The predicted octanol–water partition coefficient (Wildman–Crippen LogP) is 15.6. The maximum Gasteiger partial charge on any atom is 0.0540 e. The summed E-state index contributed by atoms with van der Waals surface area (Å²) in [5.74, 6) is 0.392. The van der Waals surface area contributed by atoms with Crippen LogP contribution in [0.5, 0.6) is 0 Å². The third-order valence-corrected chi connectivity index (χ3v) is 12.0. The van der Waals surface area contributed by atoms with E-state index in [-0.39, 0.29) is 0 Å². The van der Waals surface area contributed by atoms with Gasteiger partial charge in [0.15, 0.2) is 0 Å². The Morgan fingerprint density at radius 3 is 1.68 bits per heavy atom. The van der Waals surface area contributed by atoms with Crippen molar-refractivity contribution in [2.24, 2.45) is 0 Å². The monoisotopic (exact) mass is 737 g/mol. The maximum atomic E-state index is 2.48. The predicted molar refractivity (Wildman–Crippen MR) is 247 cm³/mol. The van der Waals surface area contributed by atoms with Crippen molar-refractivity contribution in [2.45, 2.75) is 64.7 Å². The van der Waals surface area contributed by atoms with E-state index < -0.39 is 0 Å². The van der Waals surface area contributed by atoms with E-state index >= 15 is 0 Å². The van der Waals surface area contributed by atoms with Crippen molar-refractivity contribution in [1.29, 1.82) is 0 Å². The lowest BCUT2D eigenvalue weighted by Crippen LogP contribution is -2.10. The van der Waals surface area contributed by atoms with Gasteiger partial charge in [-0.25, -0.2) is 0 Å². The molecule has 0 heterocycles. The molecule has 9 aromatic carbocycles. The molecule has 0 aliphatic rings. The second-order valence-electron chi connectivity index (χ2n) is 15.8. The molecule has 280 valence electrons. The standard InChI is InChI=1S/C56H51N/c1-3-13-40-25-27-42(28-26-40)37-45(51-23-11-17-43-15-5-7-19-50(43)51)31-32-46-38-47-33-36-49(39-55(47)54-22-10-9-20-52(46)54)57(48-34-29-41(14-4-2)30-35-48)56-24-12-18-44-16-6-8-21-53(44)56/h5-12,15-30,33-36,38-39,45H,3-4,13-14,31-32,37H2,1-2H3. The Balaban J connectivity index is 1.11. The zero-order valence-corrected chi connectivity index (χ0v) is 33.3. The number of benzene rings is 9. The third-order valence-electron chi connectivity index (χ3n) is 12.0. The molecule has 1 unspecified atom stereocenters. The summed E-state index contributed by atoms with van der Waals surface area (Å²) >= 11 is 0. The fourth-order valence-corrected chi connectivity index (χ4v) is 9.16. The SMILES string of the molecule is CCCc1ccc(CC(CCc2cc3ccc(N(c4ccc(CCC)cc4)c4cccc5ccccc45)cc3c3ccccc23)c2cccc3ccccc23)cc1. The van der Waals surface area contributed by atoms with Crippen molar-refractivity contribution in [2.75, 3.05) is 4.90 Å². The van der Waals surface area contributed by atoms with Crippen LogP contribution in [0.2, 0.25) is 0 Å². The van der Waals surface area contributed by atoms with Gasteiger partial charge in [-0.05, 0) is 134 Å². The molecule has 0 amide bonds. The number of anilines is 3. The van der Waals surface area contributed by atoms with Gasteiger partial charge in [-0.2, -0.15) is 0 Å². The molecular formula is C56H51N. The summed E-state index contributed by atoms with van der Waals surface area (Å²) in [4.78, 5) is 2.45. The zero-order chi connectivity index (χ0) is 38.6. The first-order chi connectivity index (χ1) is 28.2. The van der Waals surface area contributed by atoms with E-state index in [9.17, 15) is 0 Å². The van der Waals surface area contributed by atoms with Crippen LogP contribution >= 0.6 is 0 Å². The largest absolute Gasteiger partial charge is 0.310 e. The lowest BCUT2D eigenvalue weighted by Gasteiger charge is -2.27. The summed E-state index contributed by atoms with van der Waals surface area (Å²) in [5, 5.41) is 10.4. The smallest absolute Gasteiger partial charge is 0.0540 e. The average Bonchev–Trinajstić information content (AvgIpc) is 3.26. The third kappa shape index (κ3) is 7.55. The molecule has 1 heteroatoms. The molecule has 9 aromatic rings. The second kappa shape index (κ2) is 16.5.